The number of hydrogen-bond acceptors (Lipinski definition) is 6. The van der Waals surface area contributed by atoms with Crippen molar-refractivity contribution in [3.8, 4) is 0 Å². The lowest BCUT2D eigenvalue weighted by Gasteiger charge is -2.20. The minimum Gasteiger partial charge on any atom is -0.462 e. The number of esters is 1. The van der Waals surface area contributed by atoms with E-state index in [4.69, 9.17) is 10.5 Å². The molecule has 1 heterocycles. The molecule has 4 N–H and O–H groups in total. The molecule has 0 bridgehead atoms. The molecular formula is C14H22N4O3. The SMILES string of the molecule is CCOC(=O)c1cc(N)cnc1NCC(=O)NC(C)(C)C. The number of nitrogens with one attached hydrogen (secondary N) is 2. The number of amides is 1. The lowest BCUT2D eigenvalue weighted by molar-refractivity contribution is -0.120. The highest BCUT2D eigenvalue weighted by Gasteiger charge is 2.17. The number of rotatable bonds is 5. The van der Waals surface area contributed by atoms with E-state index in [2.05, 4.69) is 15.6 Å². The first-order valence-electron chi connectivity index (χ1n) is 6.70. The molecule has 0 aliphatic rings. The van der Waals surface area contributed by atoms with Gasteiger partial charge in [-0.3, -0.25) is 4.79 Å². The number of carbonyl (C=O) groups is 2. The van der Waals surface area contributed by atoms with Crippen molar-refractivity contribution >= 4 is 23.4 Å². The van der Waals surface area contributed by atoms with Crippen molar-refractivity contribution in [2.24, 2.45) is 0 Å². The summed E-state index contributed by atoms with van der Waals surface area (Å²) in [6.45, 7) is 7.61. The zero-order valence-corrected chi connectivity index (χ0v) is 12.8. The van der Waals surface area contributed by atoms with E-state index >= 15 is 0 Å². The summed E-state index contributed by atoms with van der Waals surface area (Å²) in [5.41, 5.74) is 5.86. The maximum Gasteiger partial charge on any atom is 0.341 e. The van der Waals surface area contributed by atoms with Crippen molar-refractivity contribution in [1.82, 2.24) is 10.3 Å². The predicted octanol–water partition coefficient (Wildman–Crippen LogP) is 1.17. The standard InChI is InChI=1S/C14H22N4O3/c1-5-21-13(20)10-6-9(15)7-16-12(10)17-8-11(19)18-14(2,3)4/h6-7H,5,8,15H2,1-4H3,(H,16,17)(H,18,19). The third kappa shape index (κ3) is 5.68. The average molecular weight is 294 g/mol. The van der Waals surface area contributed by atoms with E-state index in [1.165, 1.54) is 12.3 Å². The van der Waals surface area contributed by atoms with Crippen LogP contribution in [0, 0.1) is 0 Å². The first kappa shape index (κ1) is 16.7. The van der Waals surface area contributed by atoms with Crippen LogP contribution in [-0.2, 0) is 9.53 Å². The first-order valence-corrected chi connectivity index (χ1v) is 6.70. The summed E-state index contributed by atoms with van der Waals surface area (Å²) in [6.07, 6.45) is 1.41. The predicted molar refractivity (Wildman–Crippen MR) is 81.0 cm³/mol. The van der Waals surface area contributed by atoms with E-state index in [9.17, 15) is 9.59 Å². The summed E-state index contributed by atoms with van der Waals surface area (Å²) < 4.78 is 4.94. The molecular weight excluding hydrogens is 272 g/mol. The molecule has 0 aromatic carbocycles. The highest BCUT2D eigenvalue weighted by molar-refractivity contribution is 5.96. The zero-order valence-electron chi connectivity index (χ0n) is 12.8. The van der Waals surface area contributed by atoms with Gasteiger partial charge < -0.3 is 21.1 Å². The third-order valence-electron chi connectivity index (χ3n) is 2.34. The Morgan fingerprint density at radius 2 is 2.05 bits per heavy atom. The lowest BCUT2D eigenvalue weighted by atomic mass is 10.1. The Morgan fingerprint density at radius 1 is 1.38 bits per heavy atom. The van der Waals surface area contributed by atoms with E-state index in [1.54, 1.807) is 6.92 Å². The molecule has 7 nitrogen and oxygen atoms in total. The molecule has 0 radical (unpaired) electrons. The van der Waals surface area contributed by atoms with Crippen LogP contribution in [0.15, 0.2) is 12.3 Å². The molecule has 0 atom stereocenters. The number of anilines is 2. The fraction of sp³-hybridized carbons (Fsp3) is 0.500. The quantitative estimate of drug-likeness (QED) is 0.704. The number of pyridine rings is 1. The fourth-order valence-corrected chi connectivity index (χ4v) is 1.61. The van der Waals surface area contributed by atoms with E-state index in [1.807, 2.05) is 20.8 Å². The fourth-order valence-electron chi connectivity index (χ4n) is 1.61. The number of ether oxygens (including phenoxy) is 1. The molecule has 116 valence electrons. The number of nitrogen functional groups attached to an aromatic ring is 1. The summed E-state index contributed by atoms with van der Waals surface area (Å²) in [4.78, 5) is 27.6. The minimum absolute atomic E-state index is 0.000588. The van der Waals surface area contributed by atoms with Gasteiger partial charge >= 0.3 is 5.97 Å². The van der Waals surface area contributed by atoms with Crippen LogP contribution >= 0.6 is 0 Å². The molecule has 1 aromatic rings. The Labute approximate surface area is 124 Å². The molecule has 7 heteroatoms. The first-order chi connectivity index (χ1) is 9.73. The van der Waals surface area contributed by atoms with Crippen molar-refractivity contribution in [2.75, 3.05) is 24.2 Å². The van der Waals surface area contributed by atoms with Gasteiger partial charge in [0.05, 0.1) is 25.0 Å². The third-order valence-corrected chi connectivity index (χ3v) is 2.34. The second-order valence-corrected chi connectivity index (χ2v) is 5.54. The molecule has 1 amide bonds. The van der Waals surface area contributed by atoms with E-state index in [-0.39, 0.29) is 36.0 Å². The van der Waals surface area contributed by atoms with E-state index < -0.39 is 5.97 Å². The molecule has 0 saturated heterocycles. The van der Waals surface area contributed by atoms with Crippen LogP contribution in [0.3, 0.4) is 0 Å². The summed E-state index contributed by atoms with van der Waals surface area (Å²) in [6, 6.07) is 1.47. The number of hydrogen-bond donors (Lipinski definition) is 3. The molecule has 0 fully saturated rings. The van der Waals surface area contributed by atoms with Crippen molar-refractivity contribution < 1.29 is 14.3 Å². The Balaban J connectivity index is 2.79. The maximum absolute atomic E-state index is 11.8. The van der Waals surface area contributed by atoms with Crippen molar-refractivity contribution in [2.45, 2.75) is 33.2 Å². The van der Waals surface area contributed by atoms with Gasteiger partial charge in [0.1, 0.15) is 11.4 Å². The Morgan fingerprint density at radius 3 is 2.62 bits per heavy atom. The molecule has 0 unspecified atom stereocenters. The highest BCUT2D eigenvalue weighted by Crippen LogP contribution is 2.16. The van der Waals surface area contributed by atoms with Gasteiger partial charge in [-0.1, -0.05) is 0 Å². The van der Waals surface area contributed by atoms with Gasteiger partial charge in [-0.25, -0.2) is 9.78 Å². The second-order valence-electron chi connectivity index (χ2n) is 5.54. The van der Waals surface area contributed by atoms with Gasteiger partial charge in [-0.15, -0.1) is 0 Å². The van der Waals surface area contributed by atoms with Gasteiger partial charge in [-0.2, -0.15) is 0 Å². The maximum atomic E-state index is 11.8. The Hall–Kier alpha value is -2.31. The van der Waals surface area contributed by atoms with Gasteiger partial charge in [0.25, 0.3) is 0 Å². The molecule has 0 aliphatic carbocycles. The smallest absolute Gasteiger partial charge is 0.341 e. The molecule has 0 saturated carbocycles. The van der Waals surface area contributed by atoms with Crippen LogP contribution < -0.4 is 16.4 Å². The molecule has 1 aromatic heterocycles. The second kappa shape index (κ2) is 6.92. The number of nitrogens with two attached hydrogens (primary N) is 1. The van der Waals surface area contributed by atoms with Crippen molar-refractivity contribution in [3.05, 3.63) is 17.8 Å². The topological polar surface area (TPSA) is 106 Å². The number of aromatic nitrogens is 1. The van der Waals surface area contributed by atoms with E-state index in [0.29, 0.717) is 5.69 Å². The number of carbonyl (C=O) groups excluding carboxylic acids is 2. The largest absolute Gasteiger partial charge is 0.462 e. The van der Waals surface area contributed by atoms with Crippen LogP contribution in [0.5, 0.6) is 0 Å². The van der Waals surface area contributed by atoms with Gasteiger partial charge in [0.2, 0.25) is 5.91 Å². The van der Waals surface area contributed by atoms with E-state index in [0.717, 1.165) is 0 Å². The van der Waals surface area contributed by atoms with Crippen LogP contribution in [-0.4, -0.2) is 35.6 Å². The number of nitrogens with zero attached hydrogens (tertiary/aromatic N) is 1. The Kier molecular flexibility index (Phi) is 5.52. The van der Waals surface area contributed by atoms with Crippen LogP contribution in [0.1, 0.15) is 38.1 Å². The summed E-state index contributed by atoms with van der Waals surface area (Å²) in [5, 5.41) is 5.63. The van der Waals surface area contributed by atoms with Crippen LogP contribution in [0.2, 0.25) is 0 Å². The van der Waals surface area contributed by atoms with Crippen LogP contribution in [0.25, 0.3) is 0 Å². The molecule has 0 spiro atoms. The van der Waals surface area contributed by atoms with Gasteiger partial charge in [-0.05, 0) is 33.8 Å². The molecule has 0 aliphatic heterocycles. The Bertz CT molecular complexity index is 523. The summed E-state index contributed by atoms with van der Waals surface area (Å²) >= 11 is 0. The summed E-state index contributed by atoms with van der Waals surface area (Å²) in [5.74, 6) is -0.460. The average Bonchev–Trinajstić information content (AvgIpc) is 2.35. The van der Waals surface area contributed by atoms with Gasteiger partial charge in [0, 0.05) is 5.54 Å². The molecule has 21 heavy (non-hydrogen) atoms. The van der Waals surface area contributed by atoms with Crippen molar-refractivity contribution in [1.29, 1.82) is 0 Å². The van der Waals surface area contributed by atoms with Crippen LogP contribution in [0.4, 0.5) is 11.5 Å². The lowest BCUT2D eigenvalue weighted by Crippen LogP contribution is -2.43. The van der Waals surface area contributed by atoms with Gasteiger partial charge in [0.15, 0.2) is 0 Å². The summed E-state index contributed by atoms with van der Waals surface area (Å²) in [7, 11) is 0. The van der Waals surface area contributed by atoms with Crippen molar-refractivity contribution in [3.63, 3.8) is 0 Å². The minimum atomic E-state index is -0.531. The molecule has 1 rings (SSSR count). The highest BCUT2D eigenvalue weighted by atomic mass is 16.5. The zero-order chi connectivity index (χ0) is 16.0. The monoisotopic (exact) mass is 294 g/mol. The normalized spacial score (nSPS) is 10.9.